The summed E-state index contributed by atoms with van der Waals surface area (Å²) in [7, 11) is -0.252. The van der Waals surface area contributed by atoms with Crippen LogP contribution in [0.1, 0.15) is 5.69 Å². The van der Waals surface area contributed by atoms with Crippen LogP contribution in [0.25, 0.3) is 0 Å². The number of anilines is 1. The van der Waals surface area contributed by atoms with Crippen LogP contribution in [0.15, 0.2) is 10.9 Å². The molecule has 0 spiro atoms. The number of amides is 2. The number of aromatic amines is 1. The fourth-order valence-corrected chi connectivity index (χ4v) is 0.923. The number of urea groups is 1. The van der Waals surface area contributed by atoms with Crippen LogP contribution in [-0.4, -0.2) is 23.6 Å². The molecule has 0 saturated carbocycles. The molecule has 16 heavy (non-hydrogen) atoms. The zero-order valence-corrected chi connectivity index (χ0v) is 8.40. The van der Waals surface area contributed by atoms with Crippen LogP contribution in [0.3, 0.4) is 0 Å². The Morgan fingerprint density at radius 1 is 1.75 bits per heavy atom. The summed E-state index contributed by atoms with van der Waals surface area (Å²) in [5, 5.41) is 12.5. The number of nitriles is 1. The fourth-order valence-electron chi connectivity index (χ4n) is 0.923. The molecule has 9 heteroatoms. The van der Waals surface area contributed by atoms with E-state index in [2.05, 4.69) is 25.2 Å². The summed E-state index contributed by atoms with van der Waals surface area (Å²) >= 11 is 0. The second-order valence-corrected chi connectivity index (χ2v) is 2.76. The van der Waals surface area contributed by atoms with Crippen molar-refractivity contribution in [3.8, 4) is 6.26 Å². The SMILES string of the molecule is Cc1cc(=O)nc(NC(=O)NBOC#N)[nH]1. The van der Waals surface area contributed by atoms with Crippen molar-refractivity contribution in [2.24, 2.45) is 0 Å². The lowest BCUT2D eigenvalue weighted by Gasteiger charge is -2.04. The molecule has 1 rings (SSSR count). The van der Waals surface area contributed by atoms with Crippen molar-refractivity contribution in [3.63, 3.8) is 0 Å². The third kappa shape index (κ3) is 3.71. The van der Waals surface area contributed by atoms with Crippen LogP contribution in [0.2, 0.25) is 0 Å². The number of nitrogens with one attached hydrogen (secondary N) is 3. The minimum absolute atomic E-state index is 0.0273. The van der Waals surface area contributed by atoms with E-state index < -0.39 is 11.6 Å². The van der Waals surface area contributed by atoms with Crippen molar-refractivity contribution in [2.75, 3.05) is 5.32 Å². The van der Waals surface area contributed by atoms with E-state index in [-0.39, 0.29) is 13.6 Å². The summed E-state index contributed by atoms with van der Waals surface area (Å²) < 4.78 is 4.23. The van der Waals surface area contributed by atoms with E-state index in [1.165, 1.54) is 12.3 Å². The normalized spacial score (nSPS) is 8.75. The first-order valence-electron chi connectivity index (χ1n) is 4.25. The third-order valence-corrected chi connectivity index (χ3v) is 1.48. The number of rotatable bonds is 3. The van der Waals surface area contributed by atoms with Crippen LogP contribution in [0.5, 0.6) is 0 Å². The predicted octanol–water partition coefficient (Wildman–Crippen LogP) is -1.04. The van der Waals surface area contributed by atoms with Crippen molar-refractivity contribution in [3.05, 3.63) is 22.1 Å². The van der Waals surface area contributed by atoms with Crippen LogP contribution in [0.4, 0.5) is 10.7 Å². The molecule has 1 aromatic rings. The fraction of sp³-hybridized carbons (Fsp3) is 0.143. The smallest absolute Gasteiger partial charge is 0.477 e. The standard InChI is InChI=1S/C7H8BN5O3/c1-4-2-5(14)11-6(10-4)12-7(15)13-8-16-3-9/h2,8H,1H3,(H3,10,11,12,13,14,15). The van der Waals surface area contributed by atoms with Gasteiger partial charge in [0.05, 0.1) is 0 Å². The van der Waals surface area contributed by atoms with Crippen molar-refractivity contribution in [1.29, 1.82) is 5.26 Å². The van der Waals surface area contributed by atoms with Gasteiger partial charge in [-0.05, 0) is 6.92 Å². The maximum absolute atomic E-state index is 11.1. The number of carbonyl (C=O) groups is 1. The van der Waals surface area contributed by atoms with Crippen LogP contribution >= 0.6 is 0 Å². The molecule has 0 fully saturated rings. The van der Waals surface area contributed by atoms with Crippen molar-refractivity contribution >= 4 is 19.6 Å². The molecule has 0 aromatic carbocycles. The van der Waals surface area contributed by atoms with E-state index >= 15 is 0 Å². The van der Waals surface area contributed by atoms with Gasteiger partial charge >= 0.3 is 13.6 Å². The summed E-state index contributed by atoms with van der Waals surface area (Å²) in [5.74, 6) is 0.0273. The summed E-state index contributed by atoms with van der Waals surface area (Å²) in [6, 6.07) is 0.658. The van der Waals surface area contributed by atoms with Crippen molar-refractivity contribution in [2.45, 2.75) is 6.92 Å². The Morgan fingerprint density at radius 3 is 3.12 bits per heavy atom. The van der Waals surface area contributed by atoms with Gasteiger partial charge < -0.3 is 14.9 Å². The molecule has 0 aliphatic heterocycles. The molecule has 3 N–H and O–H groups in total. The molecular formula is C7H8BN5O3. The van der Waals surface area contributed by atoms with E-state index in [0.717, 1.165) is 0 Å². The van der Waals surface area contributed by atoms with Gasteiger partial charge in [-0.3, -0.25) is 10.1 Å². The maximum Gasteiger partial charge on any atom is 0.477 e. The van der Waals surface area contributed by atoms with E-state index in [1.807, 2.05) is 0 Å². The Hall–Kier alpha value is -2.50. The highest BCUT2D eigenvalue weighted by Gasteiger charge is 2.04. The number of aromatic nitrogens is 2. The van der Waals surface area contributed by atoms with Gasteiger partial charge in [0.1, 0.15) is 0 Å². The Kier molecular flexibility index (Phi) is 3.91. The lowest BCUT2D eigenvalue weighted by atomic mass is 10.3. The number of nitrogens with zero attached hydrogens (tertiary/aromatic N) is 2. The molecule has 0 bridgehead atoms. The third-order valence-electron chi connectivity index (χ3n) is 1.48. The first-order chi connectivity index (χ1) is 7.61. The highest BCUT2D eigenvalue weighted by molar-refractivity contribution is 6.30. The topological polar surface area (TPSA) is 120 Å². The number of H-pyrrole nitrogens is 1. The van der Waals surface area contributed by atoms with Gasteiger partial charge in [0.25, 0.3) is 11.8 Å². The summed E-state index contributed by atoms with van der Waals surface area (Å²) in [6.45, 7) is 1.66. The predicted molar refractivity (Wildman–Crippen MR) is 55.6 cm³/mol. The van der Waals surface area contributed by atoms with Gasteiger partial charge in [-0.25, -0.2) is 4.79 Å². The quantitative estimate of drug-likeness (QED) is 0.342. The summed E-state index contributed by atoms with van der Waals surface area (Å²) in [4.78, 5) is 28.3. The molecule has 1 aromatic heterocycles. The first kappa shape index (κ1) is 11.6. The highest BCUT2D eigenvalue weighted by atomic mass is 16.4. The van der Waals surface area contributed by atoms with Crippen LogP contribution in [-0.2, 0) is 4.65 Å². The molecule has 0 atom stereocenters. The lowest BCUT2D eigenvalue weighted by molar-refractivity contribution is 0.255. The Labute approximate surface area is 90.9 Å². The average molecular weight is 221 g/mol. The van der Waals surface area contributed by atoms with E-state index in [1.54, 1.807) is 6.92 Å². The average Bonchev–Trinajstić information content (AvgIpc) is 2.16. The Bertz CT molecular complexity index is 480. The van der Waals surface area contributed by atoms with Gasteiger partial charge in [-0.2, -0.15) is 10.2 Å². The number of carbonyl (C=O) groups excluding carboxylic acids is 1. The van der Waals surface area contributed by atoms with Crippen LogP contribution in [0, 0.1) is 18.4 Å². The second kappa shape index (κ2) is 5.40. The molecule has 0 aliphatic carbocycles. The molecule has 8 nitrogen and oxygen atoms in total. The van der Waals surface area contributed by atoms with Crippen molar-refractivity contribution < 1.29 is 9.45 Å². The number of hydrogen-bond donors (Lipinski definition) is 3. The molecule has 2 amide bonds. The van der Waals surface area contributed by atoms with E-state index in [9.17, 15) is 9.59 Å². The van der Waals surface area contributed by atoms with Gasteiger partial charge in [0, 0.05) is 11.8 Å². The highest BCUT2D eigenvalue weighted by Crippen LogP contribution is 1.94. The molecular weight excluding hydrogens is 213 g/mol. The van der Waals surface area contributed by atoms with Gasteiger partial charge in [-0.1, -0.05) is 0 Å². The zero-order chi connectivity index (χ0) is 12.0. The summed E-state index contributed by atoms with van der Waals surface area (Å²) in [5.41, 5.74) is 0.114. The summed E-state index contributed by atoms with van der Waals surface area (Å²) in [6.07, 6.45) is 1.39. The Balaban J connectivity index is 2.56. The number of aryl methyl sites for hydroxylation is 1. The first-order valence-corrected chi connectivity index (χ1v) is 4.25. The lowest BCUT2D eigenvalue weighted by Crippen LogP contribution is -2.34. The molecule has 0 aliphatic rings. The molecule has 1 heterocycles. The van der Waals surface area contributed by atoms with Crippen LogP contribution < -0.4 is 16.1 Å². The molecule has 0 saturated heterocycles. The van der Waals surface area contributed by atoms with Gasteiger partial charge in [0.2, 0.25) is 5.95 Å². The molecule has 82 valence electrons. The number of hydrogen-bond acceptors (Lipinski definition) is 5. The molecule has 0 unspecified atom stereocenters. The molecule has 0 radical (unpaired) electrons. The Morgan fingerprint density at radius 2 is 2.50 bits per heavy atom. The van der Waals surface area contributed by atoms with E-state index in [4.69, 9.17) is 5.26 Å². The minimum Gasteiger partial charge on any atom is -0.477 e. The van der Waals surface area contributed by atoms with E-state index in [0.29, 0.717) is 5.69 Å². The van der Waals surface area contributed by atoms with Gasteiger partial charge in [0.15, 0.2) is 0 Å². The monoisotopic (exact) mass is 221 g/mol. The maximum atomic E-state index is 11.1. The zero-order valence-electron chi connectivity index (χ0n) is 8.40. The largest absolute Gasteiger partial charge is 0.477 e. The van der Waals surface area contributed by atoms with Crippen molar-refractivity contribution in [1.82, 2.24) is 15.2 Å². The minimum atomic E-state index is -0.635. The van der Waals surface area contributed by atoms with Gasteiger partial charge in [-0.15, -0.1) is 0 Å². The second-order valence-electron chi connectivity index (χ2n) is 2.76.